The van der Waals surface area contributed by atoms with Crippen LogP contribution < -0.4 is 10.2 Å². The molecule has 0 unspecified atom stereocenters. The van der Waals surface area contributed by atoms with Crippen molar-refractivity contribution in [2.45, 2.75) is 0 Å². The normalized spacial score (nSPS) is 14.4. The minimum absolute atomic E-state index is 0.0154. The number of carbonyl (C=O) groups is 3. The number of hydrogen-bond donors (Lipinski definition) is 1. The fraction of sp³-hybridized carbons (Fsp3) is 0. The minimum Gasteiger partial charge on any atom is -0.309 e. The molecule has 1 fully saturated rings. The molecule has 6 nitrogen and oxygen atoms in total. The van der Waals surface area contributed by atoms with Gasteiger partial charge in [-0.15, -0.1) is 0 Å². The van der Waals surface area contributed by atoms with Crippen molar-refractivity contribution in [1.29, 1.82) is 0 Å². The highest BCUT2D eigenvalue weighted by Crippen LogP contribution is 2.39. The first-order chi connectivity index (χ1) is 20.3. The van der Waals surface area contributed by atoms with Gasteiger partial charge in [0.15, 0.2) is 0 Å². The number of urea groups is 1. The van der Waals surface area contributed by atoms with Gasteiger partial charge in [-0.3, -0.25) is 14.9 Å². The monoisotopic (exact) mass is 611 g/mol. The predicted octanol–water partition coefficient (Wildman–Crippen LogP) is 8.44. The molecule has 2 heterocycles. The molecule has 6 rings (SSSR count). The third kappa shape index (κ3) is 5.01. The maximum Gasteiger partial charge on any atom is 0.336 e. The molecule has 1 N–H and O–H groups in total. The lowest BCUT2D eigenvalue weighted by molar-refractivity contribution is -0.122. The molecule has 4 amide bonds. The van der Waals surface area contributed by atoms with E-state index < -0.39 is 17.8 Å². The Kier molecular flexibility index (Phi) is 7.43. The van der Waals surface area contributed by atoms with E-state index in [1.807, 2.05) is 78.9 Å². The highest BCUT2D eigenvalue weighted by molar-refractivity contribution is 6.46. The molecule has 206 valence electrons. The van der Waals surface area contributed by atoms with Crippen molar-refractivity contribution in [2.24, 2.45) is 0 Å². The largest absolute Gasteiger partial charge is 0.336 e. The molecule has 1 aromatic heterocycles. The van der Waals surface area contributed by atoms with Gasteiger partial charge in [-0.25, -0.2) is 9.69 Å². The van der Waals surface area contributed by atoms with Crippen LogP contribution in [0.1, 0.15) is 5.56 Å². The van der Waals surface area contributed by atoms with Gasteiger partial charge in [-0.1, -0.05) is 102 Å². The molecule has 0 radical (unpaired) electrons. The summed E-state index contributed by atoms with van der Waals surface area (Å²) in [6, 6.07) is 32.4. The zero-order chi connectivity index (χ0) is 29.4. The van der Waals surface area contributed by atoms with E-state index in [4.69, 9.17) is 34.8 Å². The predicted molar refractivity (Wildman–Crippen MR) is 167 cm³/mol. The third-order valence-corrected chi connectivity index (χ3v) is 7.87. The molecular weight excluding hydrogens is 593 g/mol. The first-order valence-electron chi connectivity index (χ1n) is 12.8. The number of halogens is 3. The maximum atomic E-state index is 13.8. The van der Waals surface area contributed by atoms with Gasteiger partial charge in [0.05, 0.1) is 27.1 Å². The number of imide groups is 2. The van der Waals surface area contributed by atoms with Crippen molar-refractivity contribution in [3.05, 3.63) is 135 Å². The van der Waals surface area contributed by atoms with Crippen LogP contribution in [-0.2, 0) is 9.59 Å². The Morgan fingerprint density at radius 3 is 2.00 bits per heavy atom. The second kappa shape index (κ2) is 11.3. The molecular formula is C33H20Cl3N3O3. The van der Waals surface area contributed by atoms with E-state index in [9.17, 15) is 14.4 Å². The number of aromatic nitrogens is 1. The number of barbiturate groups is 1. The summed E-state index contributed by atoms with van der Waals surface area (Å²) in [5.41, 5.74) is 4.54. The Morgan fingerprint density at radius 1 is 0.690 bits per heavy atom. The summed E-state index contributed by atoms with van der Waals surface area (Å²) < 4.78 is 2.05. The quantitative estimate of drug-likeness (QED) is 0.160. The number of nitrogens with one attached hydrogen (secondary N) is 1. The van der Waals surface area contributed by atoms with Crippen LogP contribution in [-0.4, -0.2) is 22.4 Å². The maximum absolute atomic E-state index is 13.8. The summed E-state index contributed by atoms with van der Waals surface area (Å²) in [6.45, 7) is 0. The smallest absolute Gasteiger partial charge is 0.309 e. The number of nitrogens with zero attached hydrogens (tertiary/aromatic N) is 2. The first-order valence-corrected chi connectivity index (χ1v) is 13.9. The van der Waals surface area contributed by atoms with Crippen molar-refractivity contribution >= 4 is 64.4 Å². The summed E-state index contributed by atoms with van der Waals surface area (Å²) in [7, 11) is 0. The van der Waals surface area contributed by atoms with E-state index in [2.05, 4.69) is 9.88 Å². The van der Waals surface area contributed by atoms with Gasteiger partial charge in [0.1, 0.15) is 5.57 Å². The molecule has 1 saturated heterocycles. The Bertz CT molecular complexity index is 1880. The first kappa shape index (κ1) is 27.5. The van der Waals surface area contributed by atoms with E-state index in [0.717, 1.165) is 33.1 Å². The van der Waals surface area contributed by atoms with E-state index in [-0.39, 0.29) is 21.3 Å². The van der Waals surface area contributed by atoms with Gasteiger partial charge >= 0.3 is 6.03 Å². The molecule has 0 atom stereocenters. The fourth-order valence-corrected chi connectivity index (χ4v) is 5.41. The van der Waals surface area contributed by atoms with Gasteiger partial charge in [0, 0.05) is 16.3 Å². The zero-order valence-electron chi connectivity index (χ0n) is 21.7. The van der Waals surface area contributed by atoms with Gasteiger partial charge in [-0.05, 0) is 59.7 Å². The molecule has 42 heavy (non-hydrogen) atoms. The van der Waals surface area contributed by atoms with Crippen molar-refractivity contribution in [1.82, 2.24) is 9.88 Å². The topological polar surface area (TPSA) is 71.4 Å². The SMILES string of the molecule is O=C1NC(=O)N(c2cccc(Cl)c2Cl)C(=O)/C1=C\c1cc(-c2ccccc2)n(-c2ccc(Cl)cc2)c1-c1ccccc1. The second-order valence-electron chi connectivity index (χ2n) is 9.41. The highest BCUT2D eigenvalue weighted by Gasteiger charge is 2.38. The molecule has 4 aromatic carbocycles. The van der Waals surface area contributed by atoms with Crippen molar-refractivity contribution in [3.8, 4) is 28.2 Å². The van der Waals surface area contributed by atoms with Crippen molar-refractivity contribution < 1.29 is 14.4 Å². The number of anilines is 1. The van der Waals surface area contributed by atoms with Crippen LogP contribution in [0.2, 0.25) is 15.1 Å². The number of rotatable bonds is 5. The molecule has 9 heteroatoms. The zero-order valence-corrected chi connectivity index (χ0v) is 24.0. The van der Waals surface area contributed by atoms with Gasteiger partial charge in [0.2, 0.25) is 0 Å². The molecule has 0 spiro atoms. The average Bonchev–Trinajstić information content (AvgIpc) is 3.38. The summed E-state index contributed by atoms with van der Waals surface area (Å²) in [4.78, 5) is 40.6. The van der Waals surface area contributed by atoms with Gasteiger partial charge in [0.25, 0.3) is 11.8 Å². The fourth-order valence-electron chi connectivity index (χ4n) is 4.91. The Labute approximate surface area is 256 Å². The average molecular weight is 613 g/mol. The lowest BCUT2D eigenvalue weighted by Crippen LogP contribution is -2.54. The highest BCUT2D eigenvalue weighted by atomic mass is 35.5. The van der Waals surface area contributed by atoms with Crippen LogP contribution >= 0.6 is 34.8 Å². The minimum atomic E-state index is -0.918. The Morgan fingerprint density at radius 2 is 1.33 bits per heavy atom. The molecule has 0 bridgehead atoms. The lowest BCUT2D eigenvalue weighted by Gasteiger charge is -2.27. The molecule has 1 aliphatic heterocycles. The summed E-state index contributed by atoms with van der Waals surface area (Å²) in [5.74, 6) is -1.65. The Balaban J connectivity index is 1.60. The third-order valence-electron chi connectivity index (χ3n) is 6.81. The standard InChI is InChI=1S/C33H20Cl3N3O3/c34-23-14-16-24(17-15-23)38-28(20-8-3-1-4-9-20)19-22(30(38)21-10-5-2-6-11-21)18-25-31(40)37-33(42)39(32(25)41)27-13-7-12-26(35)29(27)36/h1-19H,(H,37,40,42)/b25-18-. The van der Waals surface area contributed by atoms with E-state index in [1.54, 1.807) is 24.3 Å². The summed E-state index contributed by atoms with van der Waals surface area (Å²) in [5, 5.41) is 3.03. The van der Waals surface area contributed by atoms with E-state index >= 15 is 0 Å². The number of amides is 4. The van der Waals surface area contributed by atoms with Crippen LogP contribution in [0.5, 0.6) is 0 Å². The number of benzene rings is 4. The van der Waals surface area contributed by atoms with Crippen LogP contribution in [0.15, 0.2) is 115 Å². The van der Waals surface area contributed by atoms with E-state index in [1.165, 1.54) is 12.1 Å². The van der Waals surface area contributed by atoms with Crippen LogP contribution in [0, 0.1) is 0 Å². The van der Waals surface area contributed by atoms with Crippen molar-refractivity contribution in [2.75, 3.05) is 4.90 Å². The molecule has 0 aliphatic carbocycles. The lowest BCUT2D eigenvalue weighted by atomic mass is 10.0. The van der Waals surface area contributed by atoms with Crippen LogP contribution in [0.4, 0.5) is 10.5 Å². The summed E-state index contributed by atoms with van der Waals surface area (Å²) >= 11 is 18.7. The number of hydrogen-bond acceptors (Lipinski definition) is 3. The molecule has 1 aliphatic rings. The van der Waals surface area contributed by atoms with Crippen LogP contribution in [0.25, 0.3) is 34.3 Å². The molecule has 0 saturated carbocycles. The molecule has 5 aromatic rings. The van der Waals surface area contributed by atoms with Gasteiger partial charge in [-0.2, -0.15) is 0 Å². The van der Waals surface area contributed by atoms with Crippen LogP contribution in [0.3, 0.4) is 0 Å². The summed E-state index contributed by atoms with van der Waals surface area (Å²) in [6.07, 6.45) is 1.50. The number of carbonyl (C=O) groups excluding carboxylic acids is 3. The second-order valence-corrected chi connectivity index (χ2v) is 10.6. The Hall–Kier alpha value is -4.62. The van der Waals surface area contributed by atoms with Crippen molar-refractivity contribution in [3.63, 3.8) is 0 Å². The van der Waals surface area contributed by atoms with Gasteiger partial charge < -0.3 is 4.57 Å². The van der Waals surface area contributed by atoms with E-state index in [0.29, 0.717) is 10.6 Å².